The highest BCUT2D eigenvalue weighted by molar-refractivity contribution is 6.17. The van der Waals surface area contributed by atoms with Gasteiger partial charge in [-0.15, -0.1) is 0 Å². The zero-order valence-corrected chi connectivity index (χ0v) is 18.9. The Bertz CT molecular complexity index is 1360. The van der Waals surface area contributed by atoms with Crippen LogP contribution in [-0.4, -0.2) is 35.6 Å². The number of hydrogen-bond donors (Lipinski definition) is 2. The van der Waals surface area contributed by atoms with Crippen LogP contribution in [0.2, 0.25) is 0 Å². The van der Waals surface area contributed by atoms with Crippen molar-refractivity contribution in [2.75, 3.05) is 13.7 Å². The molecule has 7 nitrogen and oxygen atoms in total. The maximum Gasteiger partial charge on any atom is 0.341 e. The number of rotatable bonds is 9. The number of carbonyl (C=O) groups is 2. The number of nitrogens with zero attached hydrogens (tertiary/aromatic N) is 1. The van der Waals surface area contributed by atoms with E-state index in [1.807, 2.05) is 48.5 Å². The normalized spacial score (nSPS) is 10.3. The highest BCUT2D eigenvalue weighted by Gasteiger charge is 2.20. The Morgan fingerprint density at radius 2 is 1.79 bits per heavy atom. The van der Waals surface area contributed by atoms with Crippen molar-refractivity contribution in [3.63, 3.8) is 0 Å². The lowest BCUT2D eigenvalue weighted by atomic mass is 10.0. The number of benzene rings is 3. The molecule has 0 spiro atoms. The van der Waals surface area contributed by atoms with Gasteiger partial charge in [0, 0.05) is 23.1 Å². The molecule has 0 saturated carbocycles. The number of carboxylic acids is 1. The summed E-state index contributed by atoms with van der Waals surface area (Å²) in [5.41, 5.74) is 8.28. The minimum atomic E-state index is -1.10. The predicted octanol–water partition coefficient (Wildman–Crippen LogP) is 4.82. The van der Waals surface area contributed by atoms with Gasteiger partial charge in [0.25, 0.3) is 0 Å². The smallest absolute Gasteiger partial charge is 0.341 e. The SMILES string of the molecule is C=COC(=C)c1cc(OCC(=O)O)c2c3c(C=O)cccc3n(Cc3ccccc3)c2c1.CN. The molecule has 0 amide bonds. The van der Waals surface area contributed by atoms with Crippen molar-refractivity contribution in [3.8, 4) is 5.75 Å². The quantitative estimate of drug-likeness (QED) is 0.275. The lowest BCUT2D eigenvalue weighted by Gasteiger charge is -2.12. The fourth-order valence-corrected chi connectivity index (χ4v) is 3.87. The Morgan fingerprint density at radius 3 is 2.44 bits per heavy atom. The lowest BCUT2D eigenvalue weighted by Crippen LogP contribution is -2.10. The first-order valence-corrected chi connectivity index (χ1v) is 10.5. The molecule has 1 aromatic heterocycles. The van der Waals surface area contributed by atoms with E-state index in [2.05, 4.69) is 23.5 Å². The number of aromatic nitrogens is 1. The van der Waals surface area contributed by atoms with Crippen molar-refractivity contribution >= 4 is 39.8 Å². The zero-order chi connectivity index (χ0) is 24.7. The number of ether oxygens (including phenoxy) is 2. The third-order valence-electron chi connectivity index (χ3n) is 5.20. The average molecular weight is 459 g/mol. The van der Waals surface area contributed by atoms with Gasteiger partial charge < -0.3 is 24.9 Å². The molecule has 34 heavy (non-hydrogen) atoms. The largest absolute Gasteiger partial charge is 0.481 e. The number of fused-ring (bicyclic) bond motifs is 3. The first-order valence-electron chi connectivity index (χ1n) is 10.5. The van der Waals surface area contributed by atoms with Gasteiger partial charge in [-0.1, -0.05) is 55.6 Å². The van der Waals surface area contributed by atoms with Crippen molar-refractivity contribution in [3.05, 3.63) is 96.8 Å². The number of nitrogens with two attached hydrogens (primary N) is 1. The van der Waals surface area contributed by atoms with Crippen molar-refractivity contribution in [1.82, 2.24) is 4.57 Å². The van der Waals surface area contributed by atoms with Gasteiger partial charge >= 0.3 is 5.97 Å². The standard InChI is InChI=1S/C26H21NO5.CH5N/c1-3-31-17(2)20-12-22-26(23(13-20)32-16-24(29)30)25-19(15-28)10-7-11-21(25)27(22)14-18-8-5-4-6-9-18;1-2/h3-13,15H,1-2,14,16H2,(H,29,30);2H2,1H3. The predicted molar refractivity (Wildman–Crippen MR) is 134 cm³/mol. The van der Waals surface area contributed by atoms with Crippen LogP contribution in [0.4, 0.5) is 0 Å². The maximum absolute atomic E-state index is 11.9. The Kier molecular flexibility index (Phi) is 7.84. The van der Waals surface area contributed by atoms with E-state index in [1.165, 1.54) is 13.3 Å². The van der Waals surface area contributed by atoms with E-state index in [-0.39, 0.29) is 0 Å². The number of hydrogen-bond acceptors (Lipinski definition) is 5. The highest BCUT2D eigenvalue weighted by atomic mass is 16.5. The van der Waals surface area contributed by atoms with Gasteiger partial charge in [-0.3, -0.25) is 4.79 Å². The van der Waals surface area contributed by atoms with E-state index in [0.717, 1.165) is 22.9 Å². The van der Waals surface area contributed by atoms with Crippen LogP contribution in [0.25, 0.3) is 27.6 Å². The van der Waals surface area contributed by atoms with E-state index in [4.69, 9.17) is 9.47 Å². The maximum atomic E-state index is 11.9. The van der Waals surface area contributed by atoms with Crippen LogP contribution in [0.1, 0.15) is 21.5 Å². The van der Waals surface area contributed by atoms with E-state index in [9.17, 15) is 14.7 Å². The molecule has 3 aromatic carbocycles. The average Bonchev–Trinajstić information content (AvgIpc) is 3.18. The van der Waals surface area contributed by atoms with Gasteiger partial charge in [-0.05, 0) is 30.8 Å². The molecule has 3 N–H and O–H groups in total. The summed E-state index contributed by atoms with van der Waals surface area (Å²) in [5, 5.41) is 10.5. The Morgan fingerprint density at radius 1 is 1.06 bits per heavy atom. The molecule has 0 radical (unpaired) electrons. The summed E-state index contributed by atoms with van der Waals surface area (Å²) < 4.78 is 13.1. The summed E-state index contributed by atoms with van der Waals surface area (Å²) in [6, 6.07) is 19.0. The number of carbonyl (C=O) groups excluding carboxylic acids is 1. The van der Waals surface area contributed by atoms with Crippen LogP contribution in [0.5, 0.6) is 5.75 Å². The monoisotopic (exact) mass is 458 g/mol. The topological polar surface area (TPSA) is 104 Å². The Labute approximate surface area is 197 Å². The lowest BCUT2D eigenvalue weighted by molar-refractivity contribution is -0.139. The van der Waals surface area contributed by atoms with Crippen LogP contribution in [0.15, 0.2) is 80.1 Å². The molecular weight excluding hydrogens is 432 g/mol. The molecule has 1 heterocycles. The van der Waals surface area contributed by atoms with Gasteiger partial charge in [0.2, 0.25) is 0 Å². The van der Waals surface area contributed by atoms with E-state index >= 15 is 0 Å². The van der Waals surface area contributed by atoms with Crippen molar-refractivity contribution in [2.45, 2.75) is 6.54 Å². The highest BCUT2D eigenvalue weighted by Crippen LogP contribution is 2.40. The third-order valence-corrected chi connectivity index (χ3v) is 5.20. The second-order valence-corrected chi connectivity index (χ2v) is 7.19. The molecule has 0 aliphatic carbocycles. The molecule has 0 bridgehead atoms. The van der Waals surface area contributed by atoms with E-state index in [0.29, 0.717) is 40.0 Å². The number of aldehydes is 1. The van der Waals surface area contributed by atoms with Gasteiger partial charge in [-0.25, -0.2) is 4.79 Å². The molecule has 4 aromatic rings. The molecule has 174 valence electrons. The molecule has 0 aliphatic heterocycles. The van der Waals surface area contributed by atoms with Gasteiger partial charge in [-0.2, -0.15) is 0 Å². The summed E-state index contributed by atoms with van der Waals surface area (Å²) in [6.07, 6.45) is 2.07. The summed E-state index contributed by atoms with van der Waals surface area (Å²) in [6.45, 7) is 7.51. The molecule has 7 heteroatoms. The molecule has 0 unspecified atom stereocenters. The molecule has 0 aliphatic rings. The summed E-state index contributed by atoms with van der Waals surface area (Å²) in [4.78, 5) is 23.1. The fourth-order valence-electron chi connectivity index (χ4n) is 3.87. The van der Waals surface area contributed by atoms with Crippen molar-refractivity contribution in [1.29, 1.82) is 0 Å². The summed E-state index contributed by atoms with van der Waals surface area (Å²) in [7, 11) is 1.50. The molecule has 0 fully saturated rings. The Hall–Kier alpha value is -4.36. The van der Waals surface area contributed by atoms with Gasteiger partial charge in [0.05, 0.1) is 22.7 Å². The molecule has 0 atom stereocenters. The van der Waals surface area contributed by atoms with Gasteiger partial charge in [0.15, 0.2) is 12.9 Å². The van der Waals surface area contributed by atoms with E-state index < -0.39 is 12.6 Å². The van der Waals surface area contributed by atoms with Crippen LogP contribution in [-0.2, 0) is 16.1 Å². The first-order chi connectivity index (χ1) is 16.5. The van der Waals surface area contributed by atoms with Crippen LogP contribution in [0.3, 0.4) is 0 Å². The second-order valence-electron chi connectivity index (χ2n) is 7.19. The van der Waals surface area contributed by atoms with Crippen molar-refractivity contribution in [2.24, 2.45) is 5.73 Å². The van der Waals surface area contributed by atoms with E-state index in [1.54, 1.807) is 12.1 Å². The summed E-state index contributed by atoms with van der Waals surface area (Å²) in [5.74, 6) is -0.428. The minimum Gasteiger partial charge on any atom is -0.481 e. The molecular formula is C27H26N2O5. The second kappa shape index (κ2) is 11.0. The molecule has 0 saturated heterocycles. The number of carboxylic acid groups (broad SMARTS) is 1. The molecule has 4 rings (SSSR count). The summed E-state index contributed by atoms with van der Waals surface area (Å²) >= 11 is 0. The zero-order valence-electron chi connectivity index (χ0n) is 18.9. The van der Waals surface area contributed by atoms with Crippen molar-refractivity contribution < 1.29 is 24.2 Å². The van der Waals surface area contributed by atoms with Crippen LogP contribution >= 0.6 is 0 Å². The Balaban J connectivity index is 0.00000158. The first kappa shape index (κ1) is 24.3. The van der Waals surface area contributed by atoms with Crippen LogP contribution < -0.4 is 10.5 Å². The minimum absolute atomic E-state index is 0.333. The fraction of sp³-hybridized carbons (Fsp3) is 0.111. The van der Waals surface area contributed by atoms with Crippen LogP contribution in [0, 0.1) is 0 Å². The third kappa shape index (κ3) is 4.84. The van der Waals surface area contributed by atoms with Gasteiger partial charge in [0.1, 0.15) is 11.5 Å². The number of aliphatic carboxylic acids is 1.